The Balaban J connectivity index is 1.69. The Morgan fingerprint density at radius 3 is 1.72 bits per heavy atom. The van der Waals surface area contributed by atoms with Crippen molar-refractivity contribution < 1.29 is 14.3 Å². The Morgan fingerprint density at radius 1 is 0.718 bits per heavy atom. The van der Waals surface area contributed by atoms with Gasteiger partial charge < -0.3 is 9.47 Å². The summed E-state index contributed by atoms with van der Waals surface area (Å²) in [4.78, 5) is 14.3. The van der Waals surface area contributed by atoms with Gasteiger partial charge in [0.1, 0.15) is 11.4 Å². The minimum atomic E-state index is -0.891. The highest BCUT2D eigenvalue weighted by Gasteiger charge is 2.44. The van der Waals surface area contributed by atoms with E-state index >= 15 is 0 Å². The van der Waals surface area contributed by atoms with E-state index < -0.39 is 17.1 Å². The van der Waals surface area contributed by atoms with Crippen LogP contribution in [0.3, 0.4) is 0 Å². The summed E-state index contributed by atoms with van der Waals surface area (Å²) in [6, 6.07) is 31.3. The van der Waals surface area contributed by atoms with Crippen molar-refractivity contribution in [2.45, 2.75) is 70.0 Å². The molecule has 0 aliphatic heterocycles. The zero-order valence-electron chi connectivity index (χ0n) is 23.3. The number of rotatable bonds is 6. The minimum absolute atomic E-state index is 0.164. The van der Waals surface area contributed by atoms with Crippen LogP contribution in [0.15, 0.2) is 114 Å². The lowest BCUT2D eigenvalue weighted by Crippen LogP contribution is -2.42. The Morgan fingerprint density at radius 2 is 1.21 bits per heavy atom. The second kappa shape index (κ2) is 12.2. The number of ether oxygens (including phenoxy) is 2. The molecule has 1 saturated carbocycles. The third kappa shape index (κ3) is 5.65. The molecule has 39 heavy (non-hydrogen) atoms. The number of benzene rings is 3. The van der Waals surface area contributed by atoms with Crippen molar-refractivity contribution >= 4 is 5.78 Å². The quantitative estimate of drug-likeness (QED) is 0.306. The van der Waals surface area contributed by atoms with E-state index in [0.717, 1.165) is 66.5 Å². The van der Waals surface area contributed by atoms with Gasteiger partial charge in [0.05, 0.1) is 18.6 Å². The summed E-state index contributed by atoms with van der Waals surface area (Å²) < 4.78 is 13.2. The smallest absolute Gasteiger partial charge is 0.171 e. The van der Waals surface area contributed by atoms with Crippen LogP contribution < -0.4 is 0 Å². The van der Waals surface area contributed by atoms with Crippen LogP contribution in [0.1, 0.15) is 75.0 Å². The van der Waals surface area contributed by atoms with E-state index in [2.05, 4.69) is 79.7 Å². The fraction of sp³-hybridized carbons (Fsp3) is 0.361. The molecule has 3 aromatic carbocycles. The fourth-order valence-electron chi connectivity index (χ4n) is 6.26. The molecule has 202 valence electrons. The summed E-state index contributed by atoms with van der Waals surface area (Å²) in [7, 11) is 1.69. The molecule has 2 aliphatic rings. The minimum Gasteiger partial charge on any atom is -0.497 e. The lowest BCUT2D eigenvalue weighted by molar-refractivity contribution is -0.125. The van der Waals surface area contributed by atoms with E-state index in [-0.39, 0.29) is 5.78 Å². The third-order valence-corrected chi connectivity index (χ3v) is 8.39. The summed E-state index contributed by atoms with van der Waals surface area (Å²) in [5, 5.41) is 0. The molecule has 2 bridgehead atoms. The van der Waals surface area contributed by atoms with E-state index in [9.17, 15) is 4.79 Å². The van der Waals surface area contributed by atoms with Gasteiger partial charge in [0.15, 0.2) is 5.78 Å². The molecule has 0 amide bonds. The van der Waals surface area contributed by atoms with Crippen LogP contribution in [-0.4, -0.2) is 19.0 Å². The Hall–Kier alpha value is -3.43. The number of hydrogen-bond donors (Lipinski definition) is 0. The predicted octanol–water partition coefficient (Wildman–Crippen LogP) is 8.54. The highest BCUT2D eigenvalue weighted by atomic mass is 16.5. The number of ketones is 1. The molecule has 1 fully saturated rings. The second-order valence-corrected chi connectivity index (χ2v) is 11.1. The normalized spacial score (nSPS) is 22.6. The first-order chi connectivity index (χ1) is 19.1. The number of methoxy groups -OCH3 is 1. The third-order valence-electron chi connectivity index (χ3n) is 8.39. The lowest BCUT2D eigenvalue weighted by Gasteiger charge is -2.41. The van der Waals surface area contributed by atoms with Crippen molar-refractivity contribution in [3.63, 3.8) is 0 Å². The number of hydrogen-bond acceptors (Lipinski definition) is 3. The van der Waals surface area contributed by atoms with Gasteiger partial charge in [-0.1, -0.05) is 130 Å². The van der Waals surface area contributed by atoms with Gasteiger partial charge in [0.25, 0.3) is 0 Å². The molecular formula is C36H40O3. The standard InChI is InChI=1S/C36H40O3/c1-35-25-17-6-4-3-5-16-24-33(32(34(35)37)26-31(27-35)38-2)39-36(28-18-10-7-11-19-28,29-20-12-8-13-21-29)30-22-14-9-15-23-30/h7-15,18-23,26-27,33H,3-6,16-17,24-25H2,1-2H3/t33-,35+/m0/s1. The molecule has 0 heterocycles. The van der Waals surface area contributed by atoms with Crippen molar-refractivity contribution in [1.82, 2.24) is 0 Å². The first kappa shape index (κ1) is 27.1. The molecule has 5 rings (SSSR count). The van der Waals surface area contributed by atoms with Gasteiger partial charge in [-0.3, -0.25) is 4.79 Å². The van der Waals surface area contributed by atoms with E-state index in [4.69, 9.17) is 9.47 Å². The van der Waals surface area contributed by atoms with Crippen LogP contribution in [0, 0.1) is 5.41 Å². The van der Waals surface area contributed by atoms with Crippen LogP contribution in [0.5, 0.6) is 0 Å². The second-order valence-electron chi connectivity index (χ2n) is 11.1. The first-order valence-electron chi connectivity index (χ1n) is 14.4. The summed E-state index contributed by atoms with van der Waals surface area (Å²) in [5.41, 5.74) is 2.38. The number of carbonyl (C=O) groups is 1. The highest BCUT2D eigenvalue weighted by Crippen LogP contribution is 2.45. The van der Waals surface area contributed by atoms with Crippen LogP contribution in [0.2, 0.25) is 0 Å². The van der Waals surface area contributed by atoms with Gasteiger partial charge in [-0.05, 0) is 48.6 Å². The van der Waals surface area contributed by atoms with Crippen LogP contribution in [-0.2, 0) is 19.9 Å². The number of carbonyl (C=O) groups excluding carboxylic acids is 1. The largest absolute Gasteiger partial charge is 0.497 e. The van der Waals surface area contributed by atoms with E-state index in [1.165, 1.54) is 12.8 Å². The highest BCUT2D eigenvalue weighted by molar-refractivity contribution is 6.03. The summed E-state index contributed by atoms with van der Waals surface area (Å²) in [5.74, 6) is 0.916. The number of Topliss-reactive ketones (excluding diaryl/α,β-unsaturated/α-hetero) is 1. The molecule has 0 saturated heterocycles. The summed E-state index contributed by atoms with van der Waals surface area (Å²) in [6.45, 7) is 2.07. The molecule has 0 unspecified atom stereocenters. The monoisotopic (exact) mass is 520 g/mol. The van der Waals surface area contributed by atoms with Crippen LogP contribution in [0.25, 0.3) is 0 Å². The van der Waals surface area contributed by atoms with Gasteiger partial charge in [-0.25, -0.2) is 0 Å². The molecule has 3 heteroatoms. The van der Waals surface area contributed by atoms with E-state index in [1.807, 2.05) is 30.4 Å². The Labute approximate surface area is 233 Å². The molecule has 3 aromatic rings. The van der Waals surface area contributed by atoms with Gasteiger partial charge >= 0.3 is 0 Å². The van der Waals surface area contributed by atoms with Gasteiger partial charge in [0, 0.05) is 5.57 Å². The van der Waals surface area contributed by atoms with Crippen molar-refractivity contribution in [2.75, 3.05) is 7.11 Å². The maximum Gasteiger partial charge on any atom is 0.171 e. The maximum absolute atomic E-state index is 14.3. The van der Waals surface area contributed by atoms with E-state index in [0.29, 0.717) is 0 Å². The van der Waals surface area contributed by atoms with Crippen molar-refractivity contribution in [1.29, 1.82) is 0 Å². The molecule has 0 spiro atoms. The van der Waals surface area contributed by atoms with Gasteiger partial charge in [0.2, 0.25) is 0 Å². The SMILES string of the molecule is COC1=C[C@@]2(C)CCCCCCCC[C@H](OC(c3ccccc3)(c3ccccc3)c3ccccc3)C(=C1)C2=O. The zero-order valence-corrected chi connectivity index (χ0v) is 23.3. The van der Waals surface area contributed by atoms with Crippen LogP contribution >= 0.6 is 0 Å². The fourth-order valence-corrected chi connectivity index (χ4v) is 6.26. The van der Waals surface area contributed by atoms with Crippen molar-refractivity contribution in [2.24, 2.45) is 5.41 Å². The molecule has 3 nitrogen and oxygen atoms in total. The number of allylic oxidation sites excluding steroid dienone is 2. The lowest BCUT2D eigenvalue weighted by atomic mass is 9.72. The molecule has 0 aromatic heterocycles. The van der Waals surface area contributed by atoms with Crippen molar-refractivity contribution in [3.8, 4) is 0 Å². The summed E-state index contributed by atoms with van der Waals surface area (Å²) in [6.07, 6.45) is 11.9. The van der Waals surface area contributed by atoms with Crippen molar-refractivity contribution in [3.05, 3.63) is 131 Å². The number of fused-ring (bicyclic) bond motifs is 2. The zero-order chi connectivity index (χ0) is 27.1. The van der Waals surface area contributed by atoms with Crippen LogP contribution in [0.4, 0.5) is 0 Å². The maximum atomic E-state index is 14.3. The summed E-state index contributed by atoms with van der Waals surface area (Å²) >= 11 is 0. The predicted molar refractivity (Wildman–Crippen MR) is 157 cm³/mol. The Bertz CT molecular complexity index is 1200. The average molecular weight is 521 g/mol. The molecule has 0 N–H and O–H groups in total. The van der Waals surface area contributed by atoms with E-state index in [1.54, 1.807) is 7.11 Å². The average Bonchev–Trinajstić information content (AvgIpc) is 2.98. The topological polar surface area (TPSA) is 35.5 Å². The molecular weight excluding hydrogens is 480 g/mol. The van der Waals surface area contributed by atoms with Gasteiger partial charge in [-0.15, -0.1) is 0 Å². The molecule has 2 aliphatic carbocycles. The Kier molecular flexibility index (Phi) is 8.47. The first-order valence-corrected chi connectivity index (χ1v) is 14.4. The molecule has 0 radical (unpaired) electrons. The van der Waals surface area contributed by atoms with Gasteiger partial charge in [-0.2, -0.15) is 0 Å². The molecule has 2 atom stereocenters.